The van der Waals surface area contributed by atoms with Gasteiger partial charge in [0.05, 0.1) is 17.1 Å². The predicted molar refractivity (Wildman–Crippen MR) is 214 cm³/mol. The molecular formula is C45H35N9. The molecule has 0 spiro atoms. The number of allylic oxidation sites excluding steroid dienone is 4. The maximum Gasteiger partial charge on any atom is 0.164 e. The normalized spacial score (nSPS) is 14.5. The van der Waals surface area contributed by atoms with Gasteiger partial charge in [0.2, 0.25) is 0 Å². The Morgan fingerprint density at radius 3 is 1.46 bits per heavy atom. The summed E-state index contributed by atoms with van der Waals surface area (Å²) in [5.41, 5.74) is 13.4. The minimum atomic E-state index is -0.176. The SMILES string of the molecule is Cc1ccccc1-n1c(C2=CC(c3nc4cccnc4n3-c3ccccc3C)CC(c3nc4cccnc4n3-c3ccccc3C)=C2)nc2cccnc21. The fraction of sp³-hybridized carbons (Fsp3) is 0.111. The summed E-state index contributed by atoms with van der Waals surface area (Å²) in [6.45, 7) is 6.39. The first-order chi connectivity index (χ1) is 26.5. The summed E-state index contributed by atoms with van der Waals surface area (Å²) in [4.78, 5) is 30.5. The Balaban J connectivity index is 1.27. The lowest BCUT2D eigenvalue weighted by atomic mass is 9.88. The molecule has 0 aliphatic heterocycles. The number of rotatable bonds is 6. The summed E-state index contributed by atoms with van der Waals surface area (Å²) >= 11 is 0. The van der Waals surface area contributed by atoms with E-state index in [1.54, 1.807) is 0 Å². The van der Waals surface area contributed by atoms with Crippen molar-refractivity contribution in [1.82, 2.24) is 43.6 Å². The fourth-order valence-electron chi connectivity index (χ4n) is 7.82. The minimum absolute atomic E-state index is 0.176. The van der Waals surface area contributed by atoms with Crippen LogP contribution in [0.2, 0.25) is 0 Å². The van der Waals surface area contributed by atoms with Gasteiger partial charge in [-0.25, -0.2) is 29.9 Å². The predicted octanol–water partition coefficient (Wildman–Crippen LogP) is 9.47. The second-order valence-corrected chi connectivity index (χ2v) is 13.8. The summed E-state index contributed by atoms with van der Waals surface area (Å²) in [7, 11) is 0. The maximum atomic E-state index is 5.33. The highest BCUT2D eigenvalue weighted by Crippen LogP contribution is 2.42. The highest BCUT2D eigenvalue weighted by molar-refractivity contribution is 5.90. The lowest BCUT2D eigenvalue weighted by Gasteiger charge is -2.24. The number of aryl methyl sites for hydroxylation is 3. The molecule has 0 saturated heterocycles. The molecule has 0 fully saturated rings. The first-order valence-corrected chi connectivity index (χ1v) is 18.1. The average molecular weight is 702 g/mol. The van der Waals surface area contributed by atoms with Gasteiger partial charge >= 0.3 is 0 Å². The lowest BCUT2D eigenvalue weighted by Crippen LogP contribution is -2.14. The van der Waals surface area contributed by atoms with Crippen LogP contribution in [0.1, 0.15) is 46.5 Å². The summed E-state index contributed by atoms with van der Waals surface area (Å²) in [5, 5.41) is 0. The lowest BCUT2D eigenvalue weighted by molar-refractivity contribution is 0.759. The molecule has 0 N–H and O–H groups in total. The van der Waals surface area contributed by atoms with Crippen molar-refractivity contribution in [3.63, 3.8) is 0 Å². The molecule has 0 bridgehead atoms. The third kappa shape index (κ3) is 5.08. The molecule has 260 valence electrons. The summed E-state index contributed by atoms with van der Waals surface area (Å²) < 4.78 is 6.61. The second kappa shape index (κ2) is 12.6. The molecule has 6 heterocycles. The van der Waals surface area contributed by atoms with Gasteiger partial charge in [-0.1, -0.05) is 60.7 Å². The van der Waals surface area contributed by atoms with Crippen LogP contribution in [0.15, 0.2) is 140 Å². The zero-order valence-electron chi connectivity index (χ0n) is 30.1. The molecule has 6 aromatic heterocycles. The van der Waals surface area contributed by atoms with E-state index in [1.807, 2.05) is 55.0 Å². The number of aromatic nitrogens is 9. The Labute approximate surface area is 311 Å². The number of benzene rings is 3. The van der Waals surface area contributed by atoms with Crippen molar-refractivity contribution >= 4 is 44.6 Å². The van der Waals surface area contributed by atoms with Crippen molar-refractivity contribution in [3.8, 4) is 17.1 Å². The van der Waals surface area contributed by atoms with E-state index in [4.69, 9.17) is 29.9 Å². The van der Waals surface area contributed by atoms with Gasteiger partial charge in [-0.3, -0.25) is 13.7 Å². The van der Waals surface area contributed by atoms with Gasteiger partial charge in [0.25, 0.3) is 0 Å². The van der Waals surface area contributed by atoms with Crippen LogP contribution in [-0.4, -0.2) is 43.6 Å². The van der Waals surface area contributed by atoms with E-state index in [-0.39, 0.29) is 5.92 Å². The quantitative estimate of drug-likeness (QED) is 0.172. The van der Waals surface area contributed by atoms with Crippen LogP contribution >= 0.6 is 0 Å². The molecule has 1 atom stereocenters. The number of pyridine rings is 3. The van der Waals surface area contributed by atoms with Gasteiger partial charge in [-0.05, 0) is 110 Å². The zero-order chi connectivity index (χ0) is 36.3. The average Bonchev–Trinajstić information content (AvgIpc) is 3.91. The van der Waals surface area contributed by atoms with Crippen LogP contribution < -0.4 is 0 Å². The highest BCUT2D eigenvalue weighted by atomic mass is 15.2. The molecule has 1 aliphatic rings. The van der Waals surface area contributed by atoms with Crippen molar-refractivity contribution in [2.24, 2.45) is 0 Å². The van der Waals surface area contributed by atoms with E-state index >= 15 is 0 Å². The molecule has 1 aliphatic carbocycles. The molecule has 0 saturated carbocycles. The van der Waals surface area contributed by atoms with Gasteiger partial charge in [-0.2, -0.15) is 0 Å². The van der Waals surface area contributed by atoms with Gasteiger partial charge in [0.1, 0.15) is 34.0 Å². The number of fused-ring (bicyclic) bond motifs is 3. The Kier molecular flexibility index (Phi) is 7.40. The first-order valence-electron chi connectivity index (χ1n) is 18.1. The zero-order valence-corrected chi connectivity index (χ0v) is 30.1. The van der Waals surface area contributed by atoms with Gasteiger partial charge < -0.3 is 0 Å². The van der Waals surface area contributed by atoms with Crippen LogP contribution in [0.3, 0.4) is 0 Å². The smallest absolute Gasteiger partial charge is 0.164 e. The molecule has 9 nitrogen and oxygen atoms in total. The van der Waals surface area contributed by atoms with E-state index in [9.17, 15) is 0 Å². The van der Waals surface area contributed by atoms with Crippen molar-refractivity contribution in [2.45, 2.75) is 33.1 Å². The standard InChI is InChI=1S/C45H35N9/c1-28-13-4-7-19-37(28)52-40(49-34-16-10-22-46-43(34)52)31-25-32(41-50-35-17-11-23-47-44(35)53(41)38-20-8-5-14-29(38)2)27-33(26-31)42-51-36-18-12-24-48-45(36)54(42)39-21-9-6-15-30(39)3/h4-26,32H,27H2,1-3H3. The molecule has 3 aromatic carbocycles. The number of imidazole rings is 3. The molecule has 9 heteroatoms. The topological polar surface area (TPSA) is 92.1 Å². The maximum absolute atomic E-state index is 5.33. The number of para-hydroxylation sites is 3. The summed E-state index contributed by atoms with van der Waals surface area (Å²) in [6.07, 6.45) is 10.7. The van der Waals surface area contributed by atoms with Crippen LogP contribution in [-0.2, 0) is 0 Å². The second-order valence-electron chi connectivity index (χ2n) is 13.8. The Hall–Kier alpha value is -7.00. The summed E-state index contributed by atoms with van der Waals surface area (Å²) in [5.74, 6) is 2.36. The van der Waals surface area contributed by atoms with E-state index in [0.29, 0.717) is 6.42 Å². The van der Waals surface area contributed by atoms with Crippen molar-refractivity contribution in [2.75, 3.05) is 0 Å². The molecule has 10 rings (SSSR count). The monoisotopic (exact) mass is 701 g/mol. The largest absolute Gasteiger partial charge is 0.280 e. The fourth-order valence-corrected chi connectivity index (χ4v) is 7.82. The van der Waals surface area contributed by atoms with Gasteiger partial charge in [0.15, 0.2) is 16.9 Å². The van der Waals surface area contributed by atoms with Gasteiger partial charge in [0, 0.05) is 30.1 Å². The Morgan fingerprint density at radius 2 is 0.926 bits per heavy atom. The molecule has 54 heavy (non-hydrogen) atoms. The third-order valence-electron chi connectivity index (χ3n) is 10.4. The molecule has 0 radical (unpaired) electrons. The Bertz CT molecular complexity index is 2980. The summed E-state index contributed by atoms with van der Waals surface area (Å²) in [6, 6.07) is 37.1. The number of hydrogen-bond acceptors (Lipinski definition) is 6. The minimum Gasteiger partial charge on any atom is -0.280 e. The van der Waals surface area contributed by atoms with Crippen molar-refractivity contribution in [3.05, 3.63) is 174 Å². The van der Waals surface area contributed by atoms with E-state index in [2.05, 4.69) is 119 Å². The van der Waals surface area contributed by atoms with E-state index < -0.39 is 0 Å². The van der Waals surface area contributed by atoms with Gasteiger partial charge in [-0.15, -0.1) is 0 Å². The van der Waals surface area contributed by atoms with E-state index in [0.717, 1.165) is 95.9 Å². The first kappa shape index (κ1) is 31.7. The van der Waals surface area contributed by atoms with Crippen LogP contribution in [0.5, 0.6) is 0 Å². The number of nitrogens with zero attached hydrogens (tertiary/aromatic N) is 9. The third-order valence-corrected chi connectivity index (χ3v) is 10.4. The Morgan fingerprint density at radius 1 is 0.481 bits per heavy atom. The van der Waals surface area contributed by atoms with Crippen molar-refractivity contribution < 1.29 is 0 Å². The molecule has 0 amide bonds. The number of hydrogen-bond donors (Lipinski definition) is 0. The molecule has 9 aromatic rings. The van der Waals surface area contributed by atoms with E-state index in [1.165, 1.54) is 0 Å². The molecular weight excluding hydrogens is 667 g/mol. The van der Waals surface area contributed by atoms with Crippen molar-refractivity contribution in [1.29, 1.82) is 0 Å². The molecule has 1 unspecified atom stereocenters. The highest BCUT2D eigenvalue weighted by Gasteiger charge is 2.31. The van der Waals surface area contributed by atoms with Crippen LogP contribution in [0.25, 0.3) is 61.7 Å². The van der Waals surface area contributed by atoms with Crippen LogP contribution in [0, 0.1) is 20.8 Å². The van der Waals surface area contributed by atoms with Crippen LogP contribution in [0.4, 0.5) is 0 Å².